The zero-order valence-corrected chi connectivity index (χ0v) is 18.0. The van der Waals surface area contributed by atoms with E-state index in [0.717, 1.165) is 0 Å². The van der Waals surface area contributed by atoms with E-state index in [-0.39, 0.29) is 0 Å². The summed E-state index contributed by atoms with van der Waals surface area (Å²) < 4.78 is 352. The van der Waals surface area contributed by atoms with Crippen LogP contribution in [-0.2, 0) is 0 Å². The first-order chi connectivity index (χ1) is 17.0. The van der Waals surface area contributed by atoms with Crippen LogP contribution in [0.25, 0.3) is 0 Å². The standard InChI is InChI=1S/C13HF27S/c14-1(15,2(16,17)4(20,21)6(24,25)8(28,29)10(32,33)12(36,37)38)3(18,19)5(22,23)7(26,27)9(30,31)11(34,35)13(39,40)41/h41H. The van der Waals surface area contributed by atoms with Crippen molar-refractivity contribution in [2.75, 3.05) is 0 Å². The Bertz CT molecular complexity index is 885. The van der Waals surface area contributed by atoms with E-state index < -0.39 is 76.6 Å². The van der Waals surface area contributed by atoms with E-state index in [1.807, 2.05) is 0 Å². The summed E-state index contributed by atoms with van der Waals surface area (Å²) in [5.74, 6) is -102. The molecule has 0 radical (unpaired) electrons. The highest BCUT2D eigenvalue weighted by Crippen LogP contribution is 2.68. The minimum absolute atomic E-state index is 1.18. The zero-order chi connectivity index (χ0) is 34.5. The number of hydrogen-bond donors (Lipinski definition) is 1. The van der Waals surface area contributed by atoms with Gasteiger partial charge in [0.2, 0.25) is 0 Å². The molecule has 0 saturated heterocycles. The van der Waals surface area contributed by atoms with Crippen molar-refractivity contribution in [2.24, 2.45) is 0 Å². The lowest BCUT2D eigenvalue weighted by atomic mass is 9.84. The molecule has 0 aliphatic heterocycles. The van der Waals surface area contributed by atoms with Gasteiger partial charge in [0, 0.05) is 0 Å². The number of rotatable bonds is 11. The molecule has 0 N–H and O–H groups in total. The molecule has 0 fully saturated rings. The predicted molar refractivity (Wildman–Crippen MR) is 74.4 cm³/mol. The summed E-state index contributed by atoms with van der Waals surface area (Å²) in [4.78, 5) is 0. The molecular formula is C13HF27S. The smallest absolute Gasteiger partial charge is 0.192 e. The van der Waals surface area contributed by atoms with Crippen LogP contribution in [0.3, 0.4) is 0 Å². The van der Waals surface area contributed by atoms with Crippen LogP contribution in [-0.4, -0.2) is 76.6 Å². The van der Waals surface area contributed by atoms with Gasteiger partial charge in [0.1, 0.15) is 0 Å². The Kier molecular flexibility index (Phi) is 8.88. The summed E-state index contributed by atoms with van der Waals surface area (Å²) in [5, 5.41) is -7.05. The second-order valence-corrected chi connectivity index (χ2v) is 7.92. The fourth-order valence-corrected chi connectivity index (χ4v) is 2.28. The lowest BCUT2D eigenvalue weighted by Crippen LogP contribution is -2.78. The minimum Gasteiger partial charge on any atom is -0.192 e. The van der Waals surface area contributed by atoms with Crippen LogP contribution in [0.1, 0.15) is 0 Å². The van der Waals surface area contributed by atoms with Gasteiger partial charge in [-0.05, 0) is 0 Å². The fourth-order valence-electron chi connectivity index (χ4n) is 2.14. The fraction of sp³-hybridized carbons (Fsp3) is 1.00. The molecule has 248 valence electrons. The first-order valence-electron chi connectivity index (χ1n) is 8.33. The molecule has 0 aliphatic rings. The molecule has 41 heavy (non-hydrogen) atoms. The predicted octanol–water partition coefficient (Wildman–Crippen LogP) is 9.06. The number of thiol groups is 1. The molecule has 0 aromatic rings. The molecule has 0 rings (SSSR count). The van der Waals surface area contributed by atoms with Crippen molar-refractivity contribution in [3.8, 4) is 0 Å². The number of hydrogen-bond acceptors (Lipinski definition) is 1. The molecule has 0 bridgehead atoms. The van der Waals surface area contributed by atoms with Crippen LogP contribution in [0.4, 0.5) is 119 Å². The van der Waals surface area contributed by atoms with E-state index in [4.69, 9.17) is 0 Å². The molecule has 0 saturated carbocycles. The SMILES string of the molecule is FC(F)(F)C(F)(F)C(F)(F)C(F)(F)C(F)(F)C(F)(F)C(F)(F)C(F)(F)C(F)(F)C(F)(F)C(F)(F)C(F)(F)C(F)(F)S. The van der Waals surface area contributed by atoms with E-state index in [2.05, 4.69) is 0 Å². The van der Waals surface area contributed by atoms with Gasteiger partial charge < -0.3 is 0 Å². The average Bonchev–Trinajstić information content (AvgIpc) is 2.70. The Morgan fingerprint density at radius 1 is 0.195 bits per heavy atom. The van der Waals surface area contributed by atoms with Gasteiger partial charge in [-0.2, -0.15) is 119 Å². The molecule has 0 aromatic heterocycles. The Morgan fingerprint density at radius 3 is 0.439 bits per heavy atom. The van der Waals surface area contributed by atoms with Crippen molar-refractivity contribution in [1.82, 2.24) is 0 Å². The lowest BCUT2D eigenvalue weighted by Gasteiger charge is -2.45. The zero-order valence-electron chi connectivity index (χ0n) is 17.2. The van der Waals surface area contributed by atoms with Gasteiger partial charge in [-0.1, -0.05) is 12.6 Å². The van der Waals surface area contributed by atoms with Gasteiger partial charge in [-0.3, -0.25) is 0 Å². The number of alkyl halides is 27. The molecule has 0 aliphatic carbocycles. The highest BCUT2D eigenvalue weighted by molar-refractivity contribution is 7.81. The second-order valence-electron chi connectivity index (χ2n) is 7.36. The van der Waals surface area contributed by atoms with Crippen LogP contribution < -0.4 is 0 Å². The average molecular weight is 702 g/mol. The highest BCUT2D eigenvalue weighted by atomic mass is 32.1. The van der Waals surface area contributed by atoms with Crippen molar-refractivity contribution in [3.05, 3.63) is 0 Å². The Morgan fingerprint density at radius 2 is 0.317 bits per heavy atom. The Labute approximate surface area is 209 Å². The van der Waals surface area contributed by atoms with Crippen molar-refractivity contribution in [1.29, 1.82) is 0 Å². The maximum absolute atomic E-state index is 13.5. The lowest BCUT2D eigenvalue weighted by molar-refractivity contribution is -0.483. The van der Waals surface area contributed by atoms with Gasteiger partial charge >= 0.3 is 76.6 Å². The van der Waals surface area contributed by atoms with Gasteiger partial charge in [-0.25, -0.2) is 0 Å². The quantitative estimate of drug-likeness (QED) is 0.161. The first-order valence-corrected chi connectivity index (χ1v) is 8.77. The molecule has 0 unspecified atom stereocenters. The largest absolute Gasteiger partial charge is 0.460 e. The maximum Gasteiger partial charge on any atom is 0.460 e. The normalized spacial score (nSPS) is 17.3. The summed E-state index contributed by atoms with van der Waals surface area (Å²) in [6.45, 7) is 0. The van der Waals surface area contributed by atoms with E-state index in [1.165, 1.54) is 12.6 Å². The summed E-state index contributed by atoms with van der Waals surface area (Å²) in [6, 6.07) is 0. The van der Waals surface area contributed by atoms with Gasteiger partial charge in [-0.15, -0.1) is 0 Å². The van der Waals surface area contributed by atoms with Crippen LogP contribution in [0.15, 0.2) is 0 Å². The Hall–Kier alpha value is -1.54. The van der Waals surface area contributed by atoms with Crippen molar-refractivity contribution in [2.45, 2.75) is 76.6 Å². The molecule has 0 aromatic carbocycles. The van der Waals surface area contributed by atoms with Crippen LogP contribution in [0, 0.1) is 0 Å². The van der Waals surface area contributed by atoms with Crippen molar-refractivity contribution >= 4 is 12.6 Å². The molecule has 0 heterocycles. The van der Waals surface area contributed by atoms with Gasteiger partial charge in [0.25, 0.3) is 0 Å². The minimum atomic E-state index is -9.75. The van der Waals surface area contributed by atoms with E-state index >= 15 is 0 Å². The summed E-state index contributed by atoms with van der Waals surface area (Å²) in [5.41, 5.74) is 0. The van der Waals surface area contributed by atoms with E-state index in [1.54, 1.807) is 0 Å². The van der Waals surface area contributed by atoms with Crippen molar-refractivity contribution in [3.63, 3.8) is 0 Å². The first kappa shape index (κ1) is 39.5. The molecule has 0 amide bonds. The molecule has 0 spiro atoms. The highest BCUT2D eigenvalue weighted by Gasteiger charge is 3.00. The second kappa shape index (κ2) is 9.23. The van der Waals surface area contributed by atoms with Crippen LogP contribution in [0.2, 0.25) is 0 Å². The molecule has 0 atom stereocenters. The van der Waals surface area contributed by atoms with Crippen LogP contribution in [0.5, 0.6) is 0 Å². The van der Waals surface area contributed by atoms with Crippen molar-refractivity contribution < 1.29 is 119 Å². The summed E-state index contributed by atoms with van der Waals surface area (Å²) >= 11 is 1.18. The summed E-state index contributed by atoms with van der Waals surface area (Å²) in [6.07, 6.45) is -8.22. The number of halogens is 27. The molecular weight excluding hydrogens is 701 g/mol. The topological polar surface area (TPSA) is 0 Å². The van der Waals surface area contributed by atoms with Gasteiger partial charge in [0.15, 0.2) is 0 Å². The third-order valence-corrected chi connectivity index (χ3v) is 4.96. The van der Waals surface area contributed by atoms with Crippen LogP contribution >= 0.6 is 12.6 Å². The monoisotopic (exact) mass is 702 g/mol. The third kappa shape index (κ3) is 4.51. The molecule has 0 nitrogen and oxygen atoms in total. The third-order valence-electron chi connectivity index (χ3n) is 4.68. The maximum atomic E-state index is 13.5. The molecule has 28 heteroatoms. The summed E-state index contributed by atoms with van der Waals surface area (Å²) in [7, 11) is 0. The van der Waals surface area contributed by atoms with Gasteiger partial charge in [0.05, 0.1) is 0 Å². The van der Waals surface area contributed by atoms with E-state index in [9.17, 15) is 119 Å². The Balaban J connectivity index is 7.41. The van der Waals surface area contributed by atoms with E-state index in [0.29, 0.717) is 0 Å².